The number of benzene rings is 6. The number of allylic oxidation sites excluding steroid dienone is 2. The summed E-state index contributed by atoms with van der Waals surface area (Å²) in [7, 11) is 0. The van der Waals surface area contributed by atoms with E-state index in [0.29, 0.717) is 6.54 Å². The number of rotatable bonds is 4. The average Bonchev–Trinajstić information content (AvgIpc) is 3.66. The van der Waals surface area contributed by atoms with E-state index < -0.39 is 0 Å². The summed E-state index contributed by atoms with van der Waals surface area (Å²) in [6.07, 6.45) is 4.42. The topological polar surface area (TPSA) is 46.3 Å². The number of fused-ring (bicyclic) bond motifs is 7. The van der Waals surface area contributed by atoms with E-state index in [4.69, 9.17) is 4.99 Å². The lowest BCUT2D eigenvalue weighted by atomic mass is 9.95. The van der Waals surface area contributed by atoms with Gasteiger partial charge in [0.05, 0.1) is 33.8 Å². The van der Waals surface area contributed by atoms with Gasteiger partial charge in [0, 0.05) is 44.9 Å². The van der Waals surface area contributed by atoms with Crippen LogP contribution in [-0.4, -0.2) is 21.5 Å². The van der Waals surface area contributed by atoms with Crippen molar-refractivity contribution < 1.29 is 0 Å². The maximum Gasteiger partial charge on any atom is 0.132 e. The number of hydrogen-bond acceptors (Lipinski definition) is 3. The molecule has 2 aliphatic heterocycles. The molecule has 0 saturated carbocycles. The molecule has 2 aliphatic rings. The second-order valence-electron chi connectivity index (χ2n) is 12.5. The van der Waals surface area contributed by atoms with E-state index in [-0.39, 0.29) is 6.04 Å². The average molecular weight is 618 g/mol. The molecule has 0 amide bonds. The first-order valence-electron chi connectivity index (χ1n) is 16.5. The van der Waals surface area contributed by atoms with Crippen molar-refractivity contribution in [1.82, 2.24) is 19.8 Å². The number of aliphatic imine (C=N–C) groups is 1. The van der Waals surface area contributed by atoms with E-state index >= 15 is 0 Å². The molecular weight excluding hydrogens is 587 g/mol. The van der Waals surface area contributed by atoms with Crippen molar-refractivity contribution in [2.45, 2.75) is 6.04 Å². The van der Waals surface area contributed by atoms with Crippen molar-refractivity contribution >= 4 is 61.0 Å². The predicted molar refractivity (Wildman–Crippen MR) is 199 cm³/mol. The Morgan fingerprint density at radius 2 is 1.15 bits per heavy atom. The number of amidine groups is 1. The number of dihydropyridines is 1. The molecule has 48 heavy (non-hydrogen) atoms. The van der Waals surface area contributed by atoms with Gasteiger partial charge in [-0.05, 0) is 60.2 Å². The fourth-order valence-electron chi connectivity index (χ4n) is 7.62. The van der Waals surface area contributed by atoms with Gasteiger partial charge >= 0.3 is 0 Å². The van der Waals surface area contributed by atoms with Crippen LogP contribution in [0.5, 0.6) is 0 Å². The summed E-state index contributed by atoms with van der Waals surface area (Å²) >= 11 is 0. The number of para-hydroxylation sites is 4. The number of hydrogen-bond donors (Lipinski definition) is 2. The van der Waals surface area contributed by atoms with Gasteiger partial charge in [0.25, 0.3) is 0 Å². The van der Waals surface area contributed by atoms with Crippen LogP contribution in [0.3, 0.4) is 0 Å². The first-order chi connectivity index (χ1) is 23.8. The van der Waals surface area contributed by atoms with E-state index in [0.717, 1.165) is 28.6 Å². The summed E-state index contributed by atoms with van der Waals surface area (Å²) in [4.78, 5) is 5.08. The van der Waals surface area contributed by atoms with Crippen molar-refractivity contribution in [1.29, 1.82) is 0 Å². The third-order valence-corrected chi connectivity index (χ3v) is 9.82. The monoisotopic (exact) mass is 617 g/mol. The number of aromatic nitrogens is 2. The van der Waals surface area contributed by atoms with Crippen LogP contribution in [-0.2, 0) is 0 Å². The molecule has 4 heterocycles. The van der Waals surface area contributed by atoms with Crippen molar-refractivity contribution in [2.75, 3.05) is 6.54 Å². The van der Waals surface area contributed by atoms with Gasteiger partial charge in [-0.3, -0.25) is 4.57 Å². The number of nitrogens with one attached hydrogen (secondary N) is 2. The Kier molecular flexibility index (Phi) is 5.93. The Morgan fingerprint density at radius 1 is 0.542 bits per heavy atom. The van der Waals surface area contributed by atoms with E-state index in [9.17, 15) is 0 Å². The normalized spacial score (nSPS) is 15.9. The van der Waals surface area contributed by atoms with E-state index in [1.165, 1.54) is 54.7 Å². The predicted octanol–water partition coefficient (Wildman–Crippen LogP) is 9.64. The lowest BCUT2D eigenvalue weighted by Gasteiger charge is -2.29. The van der Waals surface area contributed by atoms with Crippen molar-refractivity contribution in [2.24, 2.45) is 4.99 Å². The van der Waals surface area contributed by atoms with Gasteiger partial charge in [-0.1, -0.05) is 103 Å². The molecule has 228 valence electrons. The van der Waals surface area contributed by atoms with Crippen LogP contribution >= 0.6 is 0 Å². The van der Waals surface area contributed by atoms with Gasteiger partial charge in [0.1, 0.15) is 11.7 Å². The van der Waals surface area contributed by atoms with E-state index in [2.05, 4.69) is 178 Å². The van der Waals surface area contributed by atoms with E-state index in [1.54, 1.807) is 0 Å². The molecule has 0 fully saturated rings. The summed E-state index contributed by atoms with van der Waals surface area (Å²) in [5, 5.41) is 12.5. The van der Waals surface area contributed by atoms with Crippen molar-refractivity contribution in [3.63, 3.8) is 0 Å². The molecule has 0 spiro atoms. The minimum absolute atomic E-state index is 0.0407. The Balaban J connectivity index is 1.13. The molecule has 1 atom stereocenters. The van der Waals surface area contributed by atoms with Crippen molar-refractivity contribution in [3.8, 4) is 5.69 Å². The summed E-state index contributed by atoms with van der Waals surface area (Å²) in [6, 6.07) is 52.0. The fraction of sp³-hybridized carbons (Fsp3) is 0.0465. The second kappa shape index (κ2) is 10.6. The van der Waals surface area contributed by atoms with Gasteiger partial charge in [-0.2, -0.15) is 0 Å². The van der Waals surface area contributed by atoms with Crippen LogP contribution in [0, 0.1) is 0 Å². The van der Waals surface area contributed by atoms with Crippen LogP contribution < -0.4 is 10.6 Å². The SMILES string of the molecule is C1=C(C2=Nc3ccccc3C(c3ccccc3)N2)CNC(n2c3ccccc3c3cc4c(cc32)c2ccccc2n4-c2ccccc2)=C1. The van der Waals surface area contributed by atoms with Crippen LogP contribution in [0.25, 0.3) is 55.1 Å². The third-order valence-electron chi connectivity index (χ3n) is 9.82. The molecule has 0 radical (unpaired) electrons. The Hall–Kier alpha value is -6.33. The molecule has 6 aromatic carbocycles. The fourth-order valence-corrected chi connectivity index (χ4v) is 7.62. The van der Waals surface area contributed by atoms with Crippen LogP contribution in [0.15, 0.2) is 168 Å². The highest BCUT2D eigenvalue weighted by Gasteiger charge is 2.26. The summed E-state index contributed by atoms with van der Waals surface area (Å²) in [5.74, 6) is 1.95. The molecule has 1 unspecified atom stereocenters. The number of nitrogens with zero attached hydrogens (tertiary/aromatic N) is 3. The van der Waals surface area contributed by atoms with Gasteiger partial charge in [-0.25, -0.2) is 4.99 Å². The zero-order valence-electron chi connectivity index (χ0n) is 26.1. The molecule has 8 aromatic rings. The van der Waals surface area contributed by atoms with Crippen LogP contribution in [0.2, 0.25) is 0 Å². The standard InChI is InChI=1S/C43H31N5/c1-3-13-28(14-4-1)42-33-19-7-10-20-36(33)45-43(46-42)29-23-24-41(44-27-29)48-38-22-12-9-18-32(38)35-25-39-34(26-40(35)48)31-17-8-11-21-37(31)47(39)30-15-5-2-6-16-30/h1-26,42,44H,27H2,(H,45,46). The first-order valence-corrected chi connectivity index (χ1v) is 16.5. The zero-order valence-corrected chi connectivity index (χ0v) is 26.1. The van der Waals surface area contributed by atoms with Crippen molar-refractivity contribution in [3.05, 3.63) is 174 Å². The van der Waals surface area contributed by atoms with Crippen LogP contribution in [0.1, 0.15) is 17.2 Å². The minimum Gasteiger partial charge on any atom is -0.367 e. The first kappa shape index (κ1) is 26.8. The molecule has 2 N–H and O–H groups in total. The summed E-state index contributed by atoms with van der Waals surface area (Å²) in [6.45, 7) is 0.658. The lowest BCUT2D eigenvalue weighted by Crippen LogP contribution is -2.37. The maximum atomic E-state index is 5.08. The summed E-state index contributed by atoms with van der Waals surface area (Å²) in [5.41, 5.74) is 10.5. The lowest BCUT2D eigenvalue weighted by molar-refractivity contribution is 0.743. The zero-order chi connectivity index (χ0) is 31.6. The van der Waals surface area contributed by atoms with E-state index in [1.807, 2.05) is 0 Å². The quantitative estimate of drug-likeness (QED) is 0.207. The van der Waals surface area contributed by atoms with Gasteiger partial charge in [0.15, 0.2) is 0 Å². The summed E-state index contributed by atoms with van der Waals surface area (Å²) < 4.78 is 4.77. The maximum absolute atomic E-state index is 5.08. The molecular formula is C43H31N5. The molecule has 10 rings (SSSR count). The largest absolute Gasteiger partial charge is 0.367 e. The molecule has 0 aliphatic carbocycles. The van der Waals surface area contributed by atoms with Crippen LogP contribution in [0.4, 0.5) is 5.69 Å². The molecule has 5 nitrogen and oxygen atoms in total. The molecule has 0 bridgehead atoms. The van der Waals surface area contributed by atoms with Gasteiger partial charge in [-0.15, -0.1) is 0 Å². The highest BCUT2D eigenvalue weighted by molar-refractivity contribution is 6.19. The second-order valence-corrected chi connectivity index (χ2v) is 12.5. The third kappa shape index (κ3) is 4.07. The Morgan fingerprint density at radius 3 is 1.85 bits per heavy atom. The smallest absolute Gasteiger partial charge is 0.132 e. The molecule has 0 saturated heterocycles. The Labute approximate surface area is 277 Å². The van der Waals surface area contributed by atoms with Gasteiger partial charge in [0.2, 0.25) is 0 Å². The minimum atomic E-state index is 0.0407. The van der Waals surface area contributed by atoms with Gasteiger partial charge < -0.3 is 15.2 Å². The molecule has 2 aromatic heterocycles. The highest BCUT2D eigenvalue weighted by Crippen LogP contribution is 2.40. The Bertz CT molecular complexity index is 2640. The molecule has 5 heteroatoms. The highest BCUT2D eigenvalue weighted by atomic mass is 15.2.